The van der Waals surface area contributed by atoms with Crippen LogP contribution in [0.1, 0.15) is 201 Å². The third-order valence-corrected chi connectivity index (χ3v) is 10.7. The summed E-state index contributed by atoms with van der Waals surface area (Å²) in [4.78, 5) is 47.9. The van der Waals surface area contributed by atoms with Gasteiger partial charge in [0.25, 0.3) is 0 Å². The lowest BCUT2D eigenvalue weighted by Gasteiger charge is -2.21. The summed E-state index contributed by atoms with van der Waals surface area (Å²) in [7, 11) is -4.74. The second-order valence-corrected chi connectivity index (χ2v) is 17.0. The van der Waals surface area contributed by atoms with E-state index in [2.05, 4.69) is 69.4 Å². The smallest absolute Gasteiger partial charge is 0.462 e. The van der Waals surface area contributed by atoms with Gasteiger partial charge in [0.05, 0.1) is 19.8 Å². The molecule has 0 amide bonds. The number of rotatable bonds is 43. The Bertz CT molecular complexity index is 1200. The van der Waals surface area contributed by atoms with Gasteiger partial charge in [0, 0.05) is 19.3 Å². The number of aliphatic hydroxyl groups excluding tert-OH is 1. The van der Waals surface area contributed by atoms with Crippen molar-refractivity contribution in [1.82, 2.24) is 0 Å². The minimum absolute atomic E-state index is 0.117. The first kappa shape index (κ1) is 57.4. The van der Waals surface area contributed by atoms with Crippen molar-refractivity contribution in [2.45, 2.75) is 213 Å². The number of phosphoric acid groups is 1. The molecule has 0 aromatic heterocycles. The number of ether oxygens (including phenoxy) is 3. The fourth-order valence-corrected chi connectivity index (χ4v) is 6.95. The molecule has 3 atom stereocenters. The average Bonchev–Trinajstić information content (AvgIpc) is 3.23. The van der Waals surface area contributed by atoms with Crippen LogP contribution in [0.25, 0.3) is 0 Å². The molecule has 2 N–H and O–H groups in total. The molecule has 12 heteroatoms. The molecule has 0 aromatic carbocycles. The van der Waals surface area contributed by atoms with E-state index in [1.807, 2.05) is 0 Å². The lowest BCUT2D eigenvalue weighted by Crippen LogP contribution is -2.30. The van der Waals surface area contributed by atoms with Gasteiger partial charge in [-0.15, -0.1) is 0 Å². The first-order valence-electron chi connectivity index (χ1n) is 23.5. The number of esters is 3. The molecular weight excluding hydrogens is 783 g/mol. The molecule has 0 radical (unpaired) electrons. The molecule has 0 spiro atoms. The number of hydrogen-bond donors (Lipinski definition) is 2. The fourth-order valence-electron chi connectivity index (χ4n) is 6.17. The second-order valence-electron chi connectivity index (χ2n) is 15.6. The largest absolute Gasteiger partial charge is 0.472 e. The average molecular weight is 869 g/mol. The van der Waals surface area contributed by atoms with Crippen molar-refractivity contribution in [3.8, 4) is 0 Å². The number of allylic oxidation sites excluding steroid dienone is 8. The number of carbonyl (C=O) groups is 3. The molecule has 0 fully saturated rings. The Balaban J connectivity index is 4.81. The zero-order valence-electron chi connectivity index (χ0n) is 37.9. The van der Waals surface area contributed by atoms with Gasteiger partial charge in [0.1, 0.15) is 12.7 Å². The Labute approximate surface area is 364 Å². The highest BCUT2D eigenvalue weighted by atomic mass is 31.2. The van der Waals surface area contributed by atoms with Gasteiger partial charge in [0.15, 0.2) is 6.10 Å². The second kappa shape index (κ2) is 43.1. The van der Waals surface area contributed by atoms with Crippen LogP contribution in [0.3, 0.4) is 0 Å². The predicted molar refractivity (Wildman–Crippen MR) is 242 cm³/mol. The van der Waals surface area contributed by atoms with Crippen molar-refractivity contribution >= 4 is 25.7 Å². The van der Waals surface area contributed by atoms with Gasteiger partial charge < -0.3 is 24.2 Å². The lowest BCUT2D eigenvalue weighted by molar-refractivity contribution is -0.161. The van der Waals surface area contributed by atoms with Crippen LogP contribution < -0.4 is 0 Å². The Morgan fingerprint density at radius 3 is 1.33 bits per heavy atom. The highest BCUT2D eigenvalue weighted by Gasteiger charge is 2.28. The summed E-state index contributed by atoms with van der Waals surface area (Å²) in [5.74, 6) is -1.52. The third-order valence-electron chi connectivity index (χ3n) is 9.77. The molecule has 0 saturated heterocycles. The minimum atomic E-state index is -4.74. The van der Waals surface area contributed by atoms with Gasteiger partial charge in [-0.2, -0.15) is 0 Å². The van der Waals surface area contributed by atoms with Gasteiger partial charge in [0.2, 0.25) is 0 Å². The maximum Gasteiger partial charge on any atom is 0.472 e. The molecule has 3 unspecified atom stereocenters. The number of unbranched alkanes of at least 4 members (excludes halogenated alkanes) is 18. The summed E-state index contributed by atoms with van der Waals surface area (Å²) in [6, 6.07) is 0. The van der Waals surface area contributed by atoms with Crippen LogP contribution >= 0.6 is 7.82 Å². The number of aliphatic hydroxyl groups is 1. The van der Waals surface area contributed by atoms with Crippen molar-refractivity contribution in [3.05, 3.63) is 48.6 Å². The van der Waals surface area contributed by atoms with Crippen molar-refractivity contribution in [1.29, 1.82) is 0 Å². The van der Waals surface area contributed by atoms with Crippen LogP contribution in [0, 0.1) is 0 Å². The van der Waals surface area contributed by atoms with Gasteiger partial charge >= 0.3 is 25.7 Å². The zero-order valence-corrected chi connectivity index (χ0v) is 38.8. The van der Waals surface area contributed by atoms with Crippen molar-refractivity contribution in [3.63, 3.8) is 0 Å². The highest BCUT2D eigenvalue weighted by Crippen LogP contribution is 2.43. The SMILES string of the molecule is CC/C=C\C/C=C\C/C=C\C/C=C\CCCCC(=O)OC(COC(=O)CCCCCCCCCCC)COP(=O)(O)OCC(CO)OC(=O)CCCCCCCCCCC. The molecule has 11 nitrogen and oxygen atoms in total. The fraction of sp³-hybridized carbons (Fsp3) is 0.771. The minimum Gasteiger partial charge on any atom is -0.462 e. The predicted octanol–water partition coefficient (Wildman–Crippen LogP) is 12.7. The van der Waals surface area contributed by atoms with E-state index in [0.717, 1.165) is 77.0 Å². The molecule has 0 aliphatic carbocycles. The van der Waals surface area contributed by atoms with E-state index in [-0.39, 0.29) is 25.9 Å². The normalized spacial score (nSPS) is 14.0. The Kier molecular flexibility index (Phi) is 41.3. The van der Waals surface area contributed by atoms with Crippen LogP contribution in [0.4, 0.5) is 0 Å². The van der Waals surface area contributed by atoms with Crippen molar-refractivity contribution in [2.24, 2.45) is 0 Å². The van der Waals surface area contributed by atoms with E-state index in [0.29, 0.717) is 19.3 Å². The van der Waals surface area contributed by atoms with Crippen molar-refractivity contribution in [2.75, 3.05) is 26.4 Å². The van der Waals surface area contributed by atoms with E-state index >= 15 is 0 Å². The summed E-state index contributed by atoms with van der Waals surface area (Å²) in [6.07, 6.45) is 41.1. The topological polar surface area (TPSA) is 155 Å². The van der Waals surface area contributed by atoms with E-state index in [1.54, 1.807) is 0 Å². The van der Waals surface area contributed by atoms with Gasteiger partial charge in [-0.1, -0.05) is 172 Å². The molecule has 0 aliphatic rings. The Morgan fingerprint density at radius 2 is 0.867 bits per heavy atom. The summed E-state index contributed by atoms with van der Waals surface area (Å²) in [5.41, 5.74) is 0. The molecule has 0 heterocycles. The quantitative estimate of drug-likeness (QED) is 0.0198. The van der Waals surface area contributed by atoms with Crippen LogP contribution in [0.5, 0.6) is 0 Å². The maximum atomic E-state index is 12.8. The van der Waals surface area contributed by atoms with Crippen LogP contribution in [-0.2, 0) is 42.2 Å². The molecule has 0 saturated carbocycles. The number of carbonyl (C=O) groups excluding carboxylic acids is 3. The maximum absolute atomic E-state index is 12.8. The van der Waals surface area contributed by atoms with Gasteiger partial charge in [-0.3, -0.25) is 23.4 Å². The summed E-state index contributed by atoms with van der Waals surface area (Å²) in [5, 5.41) is 9.70. The molecule has 348 valence electrons. The van der Waals surface area contributed by atoms with E-state index in [9.17, 15) is 28.9 Å². The summed E-state index contributed by atoms with van der Waals surface area (Å²) in [6.45, 7) is 4.40. The first-order valence-corrected chi connectivity index (χ1v) is 25.0. The lowest BCUT2D eigenvalue weighted by atomic mass is 10.1. The van der Waals surface area contributed by atoms with Gasteiger partial charge in [-0.25, -0.2) is 4.57 Å². The van der Waals surface area contributed by atoms with E-state index in [4.69, 9.17) is 23.3 Å². The standard InChI is InChI=1S/C48H85O11P/c1-4-7-10-13-16-19-20-21-22-23-24-27-30-33-36-39-48(52)59-45(41-55-46(50)37-34-31-28-25-17-14-11-8-5-2)43-57-60(53,54)56-42-44(40-49)58-47(51)38-35-32-29-26-18-15-12-9-6-3/h7,10,16,19,21-22,24,27,44-45,49H,4-6,8-9,11-15,17-18,20,23,25-26,28-43H2,1-3H3,(H,53,54)/b10-7-,19-16-,22-21-,27-24-. The third kappa shape index (κ3) is 40.8. The Morgan fingerprint density at radius 1 is 0.483 bits per heavy atom. The van der Waals surface area contributed by atoms with E-state index in [1.165, 1.54) is 64.2 Å². The molecule has 0 bridgehead atoms. The first-order chi connectivity index (χ1) is 29.2. The highest BCUT2D eigenvalue weighted by molar-refractivity contribution is 7.47. The molecule has 0 aliphatic heterocycles. The van der Waals surface area contributed by atoms with Crippen LogP contribution in [-0.4, -0.2) is 66.5 Å². The number of hydrogen-bond acceptors (Lipinski definition) is 10. The molecule has 0 rings (SSSR count). The zero-order chi connectivity index (χ0) is 44.2. The summed E-state index contributed by atoms with van der Waals surface area (Å²) >= 11 is 0. The molecule has 0 aromatic rings. The Hall–Kier alpha value is -2.56. The van der Waals surface area contributed by atoms with Crippen LogP contribution in [0.2, 0.25) is 0 Å². The molecular formula is C48H85O11P. The van der Waals surface area contributed by atoms with Gasteiger partial charge in [-0.05, 0) is 57.8 Å². The monoisotopic (exact) mass is 869 g/mol. The summed E-state index contributed by atoms with van der Waals surface area (Å²) < 4.78 is 39.1. The molecule has 60 heavy (non-hydrogen) atoms. The van der Waals surface area contributed by atoms with Crippen LogP contribution in [0.15, 0.2) is 48.6 Å². The van der Waals surface area contributed by atoms with Crippen molar-refractivity contribution < 1.29 is 52.2 Å². The number of phosphoric ester groups is 1. The van der Waals surface area contributed by atoms with E-state index < -0.39 is 57.8 Å².